The average Bonchev–Trinajstić information content (AvgIpc) is 3.30. The largest absolute Gasteiger partial charge is 0.450 e. The lowest BCUT2D eigenvalue weighted by atomic mass is 9.84. The Bertz CT molecular complexity index is 1270. The van der Waals surface area contributed by atoms with Crippen LogP contribution in [0.2, 0.25) is 10.0 Å². The minimum Gasteiger partial charge on any atom is -0.450 e. The molecule has 0 atom stereocenters. The van der Waals surface area contributed by atoms with Crippen molar-refractivity contribution < 1.29 is 9.53 Å². The molecule has 3 aromatic carbocycles. The van der Waals surface area contributed by atoms with Crippen LogP contribution in [0.3, 0.4) is 0 Å². The number of hydrogen-bond acceptors (Lipinski definition) is 3. The first-order valence-electron chi connectivity index (χ1n) is 11.9. The van der Waals surface area contributed by atoms with E-state index < -0.39 is 0 Å². The fraction of sp³-hybridized carbons (Fsp3) is 0.286. The molecular weight excluding hydrogens is 481 g/mol. The third-order valence-electron chi connectivity index (χ3n) is 6.76. The van der Waals surface area contributed by atoms with Gasteiger partial charge >= 0.3 is 6.09 Å². The third-order valence-corrected chi connectivity index (χ3v) is 7.27. The minimum absolute atomic E-state index is 0.0299. The number of carbonyl (C=O) groups excluding carboxylic acids is 1. The Hall–Kier alpha value is -3.02. The van der Waals surface area contributed by atoms with Gasteiger partial charge in [0.05, 0.1) is 17.8 Å². The van der Waals surface area contributed by atoms with Gasteiger partial charge in [-0.05, 0) is 72.9 Å². The van der Waals surface area contributed by atoms with Crippen molar-refractivity contribution in [3.05, 3.63) is 99.2 Å². The Balaban J connectivity index is 1.49. The molecule has 0 spiro atoms. The highest BCUT2D eigenvalue weighted by Crippen LogP contribution is 2.37. The Kier molecular flexibility index (Phi) is 6.98. The van der Waals surface area contributed by atoms with Crippen molar-refractivity contribution in [1.29, 1.82) is 0 Å². The number of aromatic amines is 1. The van der Waals surface area contributed by atoms with Gasteiger partial charge in [-0.25, -0.2) is 4.79 Å². The molecule has 1 aromatic heterocycles. The van der Waals surface area contributed by atoms with Crippen LogP contribution < -0.4 is 0 Å². The SMILES string of the molecule is CCOC(=O)N1CCC(c2n[nH]c3ccc(C(c4ccc(Cl)cc4)c4ccc(Cl)cc4)cc23)CC1. The number of hydrogen-bond donors (Lipinski definition) is 1. The summed E-state index contributed by atoms with van der Waals surface area (Å²) in [7, 11) is 0. The van der Waals surface area contributed by atoms with Crippen LogP contribution in [0.25, 0.3) is 10.9 Å². The summed E-state index contributed by atoms with van der Waals surface area (Å²) in [4.78, 5) is 13.9. The van der Waals surface area contributed by atoms with Crippen LogP contribution in [0.1, 0.15) is 54.0 Å². The first-order valence-corrected chi connectivity index (χ1v) is 12.7. The molecule has 1 N–H and O–H groups in total. The van der Waals surface area contributed by atoms with Crippen molar-refractivity contribution in [3.63, 3.8) is 0 Å². The van der Waals surface area contributed by atoms with Crippen molar-refractivity contribution in [2.24, 2.45) is 0 Å². The van der Waals surface area contributed by atoms with E-state index in [0.29, 0.717) is 29.7 Å². The van der Waals surface area contributed by atoms with E-state index in [-0.39, 0.29) is 17.9 Å². The summed E-state index contributed by atoms with van der Waals surface area (Å²) in [5, 5.41) is 10.5. The van der Waals surface area contributed by atoms with Gasteiger partial charge in [0.25, 0.3) is 0 Å². The number of ether oxygens (including phenoxy) is 1. The fourth-order valence-electron chi connectivity index (χ4n) is 4.98. The predicted molar refractivity (Wildman–Crippen MR) is 141 cm³/mol. The molecule has 1 fully saturated rings. The van der Waals surface area contributed by atoms with Crippen LogP contribution in [0.4, 0.5) is 4.79 Å². The van der Waals surface area contributed by atoms with E-state index in [1.54, 1.807) is 4.90 Å². The molecule has 0 aliphatic carbocycles. The van der Waals surface area contributed by atoms with E-state index in [9.17, 15) is 4.79 Å². The van der Waals surface area contributed by atoms with Gasteiger partial charge in [-0.2, -0.15) is 5.10 Å². The van der Waals surface area contributed by atoms with Gasteiger partial charge in [0.15, 0.2) is 0 Å². The lowest BCUT2D eigenvalue weighted by Crippen LogP contribution is -2.38. The summed E-state index contributed by atoms with van der Waals surface area (Å²) in [6.45, 7) is 3.58. The molecule has 2 heterocycles. The number of fused-ring (bicyclic) bond motifs is 1. The minimum atomic E-state index is -0.228. The summed E-state index contributed by atoms with van der Waals surface area (Å²) in [6.07, 6.45) is 1.50. The number of halogens is 2. The standard InChI is InChI=1S/C28H27Cl2N3O2/c1-2-35-28(34)33-15-13-20(14-16-33)27-24-17-21(7-12-25(24)31-32-27)26(18-3-8-22(29)9-4-18)19-5-10-23(30)11-6-19/h3-12,17,20,26H,2,13-16H2,1H3,(H,31,32). The lowest BCUT2D eigenvalue weighted by molar-refractivity contribution is 0.0969. The van der Waals surface area contributed by atoms with Crippen LogP contribution in [0, 0.1) is 0 Å². The number of piperidine rings is 1. The molecule has 5 rings (SSSR count). The molecule has 35 heavy (non-hydrogen) atoms. The predicted octanol–water partition coefficient (Wildman–Crippen LogP) is 7.39. The molecule has 0 unspecified atom stereocenters. The van der Waals surface area contributed by atoms with E-state index in [1.165, 1.54) is 5.56 Å². The van der Waals surface area contributed by atoms with E-state index in [0.717, 1.165) is 40.6 Å². The zero-order valence-electron chi connectivity index (χ0n) is 19.5. The quantitative estimate of drug-likeness (QED) is 0.286. The highest BCUT2D eigenvalue weighted by atomic mass is 35.5. The van der Waals surface area contributed by atoms with Crippen molar-refractivity contribution in [2.75, 3.05) is 19.7 Å². The van der Waals surface area contributed by atoms with Crippen LogP contribution in [0.5, 0.6) is 0 Å². The van der Waals surface area contributed by atoms with E-state index >= 15 is 0 Å². The van der Waals surface area contributed by atoms with Crippen LogP contribution in [0.15, 0.2) is 66.7 Å². The number of amides is 1. The monoisotopic (exact) mass is 507 g/mol. The normalized spacial score (nSPS) is 14.6. The van der Waals surface area contributed by atoms with Crippen molar-refractivity contribution >= 4 is 40.2 Å². The fourth-order valence-corrected chi connectivity index (χ4v) is 5.23. The van der Waals surface area contributed by atoms with E-state index in [4.69, 9.17) is 33.0 Å². The zero-order chi connectivity index (χ0) is 24.4. The lowest BCUT2D eigenvalue weighted by Gasteiger charge is -2.30. The first-order chi connectivity index (χ1) is 17.0. The molecule has 5 nitrogen and oxygen atoms in total. The molecule has 0 bridgehead atoms. The second-order valence-electron chi connectivity index (χ2n) is 8.91. The maximum atomic E-state index is 12.1. The summed E-state index contributed by atoms with van der Waals surface area (Å²) in [5.74, 6) is 0.316. The molecule has 1 saturated heterocycles. The van der Waals surface area contributed by atoms with Gasteiger partial charge in [-0.1, -0.05) is 53.5 Å². The number of carbonyl (C=O) groups is 1. The van der Waals surface area contributed by atoms with E-state index in [1.807, 2.05) is 31.2 Å². The Labute approximate surface area is 215 Å². The summed E-state index contributed by atoms with van der Waals surface area (Å²) in [5.41, 5.74) is 5.57. The number of aromatic nitrogens is 2. The third kappa shape index (κ3) is 5.02. The average molecular weight is 508 g/mol. The molecular formula is C28H27Cl2N3O2. The molecule has 4 aromatic rings. The topological polar surface area (TPSA) is 58.2 Å². The van der Waals surface area contributed by atoms with Gasteiger partial charge < -0.3 is 9.64 Å². The summed E-state index contributed by atoms with van der Waals surface area (Å²) in [6, 6.07) is 22.5. The highest BCUT2D eigenvalue weighted by molar-refractivity contribution is 6.30. The van der Waals surface area contributed by atoms with Crippen LogP contribution in [-0.4, -0.2) is 40.9 Å². The summed E-state index contributed by atoms with van der Waals surface area (Å²) < 4.78 is 5.17. The zero-order valence-corrected chi connectivity index (χ0v) is 21.0. The van der Waals surface area contributed by atoms with Gasteiger partial charge in [-0.3, -0.25) is 5.10 Å². The Morgan fingerprint density at radius 1 is 0.971 bits per heavy atom. The summed E-state index contributed by atoms with van der Waals surface area (Å²) >= 11 is 12.4. The second kappa shape index (κ2) is 10.3. The number of H-pyrrole nitrogens is 1. The molecule has 1 amide bonds. The second-order valence-corrected chi connectivity index (χ2v) is 9.78. The number of rotatable bonds is 5. The first kappa shape index (κ1) is 23.7. The van der Waals surface area contributed by atoms with Crippen molar-refractivity contribution in [1.82, 2.24) is 15.1 Å². The number of nitrogens with zero attached hydrogens (tertiary/aromatic N) is 2. The molecule has 7 heteroatoms. The van der Waals surface area contributed by atoms with Gasteiger partial charge in [-0.15, -0.1) is 0 Å². The molecule has 0 saturated carbocycles. The smallest absolute Gasteiger partial charge is 0.409 e. The van der Waals surface area contributed by atoms with E-state index in [2.05, 4.69) is 47.6 Å². The Morgan fingerprint density at radius 2 is 1.54 bits per heavy atom. The molecule has 180 valence electrons. The molecule has 1 aliphatic rings. The van der Waals surface area contributed by atoms with Gasteiger partial charge in [0, 0.05) is 40.4 Å². The molecule has 1 aliphatic heterocycles. The maximum Gasteiger partial charge on any atom is 0.409 e. The van der Waals surface area contributed by atoms with Crippen LogP contribution in [-0.2, 0) is 4.74 Å². The van der Waals surface area contributed by atoms with Crippen molar-refractivity contribution in [3.8, 4) is 0 Å². The van der Waals surface area contributed by atoms with Gasteiger partial charge in [0.2, 0.25) is 0 Å². The number of nitrogens with one attached hydrogen (secondary N) is 1. The van der Waals surface area contributed by atoms with Crippen molar-refractivity contribution in [2.45, 2.75) is 31.6 Å². The number of likely N-dealkylation sites (tertiary alicyclic amines) is 1. The maximum absolute atomic E-state index is 12.1. The van der Waals surface area contributed by atoms with Crippen LogP contribution >= 0.6 is 23.2 Å². The molecule has 0 radical (unpaired) electrons. The Morgan fingerprint density at radius 3 is 2.11 bits per heavy atom. The highest BCUT2D eigenvalue weighted by Gasteiger charge is 2.28. The van der Waals surface area contributed by atoms with Gasteiger partial charge in [0.1, 0.15) is 0 Å². The number of benzene rings is 3.